The largest absolute Gasteiger partial charge is 0.490 e. The standard InChI is InChI=1S/C21H36N4O.HI/c1-6-17(3)26-20-13-16(2)7-8-19(20)15-24-21(22-4)23-14-18-9-11-25(5)12-10-18;/h7-8,13,17-18H,6,9-12,14-15H2,1-5H3,(H2,22,23,24);1H. The van der Waals surface area contributed by atoms with Gasteiger partial charge in [-0.1, -0.05) is 19.1 Å². The van der Waals surface area contributed by atoms with Gasteiger partial charge >= 0.3 is 0 Å². The van der Waals surface area contributed by atoms with Crippen LogP contribution in [0.3, 0.4) is 0 Å². The van der Waals surface area contributed by atoms with Crippen LogP contribution in [0.1, 0.15) is 44.2 Å². The van der Waals surface area contributed by atoms with Crippen molar-refractivity contribution < 1.29 is 4.74 Å². The SMILES string of the molecule is CCC(C)Oc1cc(C)ccc1CNC(=NC)NCC1CCN(C)CC1.I. The summed E-state index contributed by atoms with van der Waals surface area (Å²) >= 11 is 0. The number of piperidine rings is 1. The predicted octanol–water partition coefficient (Wildman–Crippen LogP) is 3.80. The zero-order valence-corrected chi connectivity index (χ0v) is 19.9. The zero-order valence-electron chi connectivity index (χ0n) is 17.5. The Morgan fingerprint density at radius 2 is 2.00 bits per heavy atom. The third-order valence-corrected chi connectivity index (χ3v) is 5.19. The van der Waals surface area contributed by atoms with Crippen molar-refractivity contribution in [3.8, 4) is 5.75 Å². The molecule has 1 aliphatic heterocycles. The molecule has 0 aliphatic carbocycles. The first-order chi connectivity index (χ1) is 12.5. The van der Waals surface area contributed by atoms with Gasteiger partial charge in [0.25, 0.3) is 0 Å². The maximum absolute atomic E-state index is 6.10. The van der Waals surface area contributed by atoms with Crippen LogP contribution in [0, 0.1) is 12.8 Å². The molecular formula is C21H37IN4O. The zero-order chi connectivity index (χ0) is 18.9. The van der Waals surface area contributed by atoms with Crippen molar-refractivity contribution in [2.45, 2.75) is 52.7 Å². The Hall–Kier alpha value is -1.02. The van der Waals surface area contributed by atoms with Gasteiger partial charge in [-0.3, -0.25) is 4.99 Å². The molecule has 27 heavy (non-hydrogen) atoms. The summed E-state index contributed by atoms with van der Waals surface area (Å²) in [6.45, 7) is 10.4. The van der Waals surface area contributed by atoms with Gasteiger partial charge in [0.05, 0.1) is 6.10 Å². The van der Waals surface area contributed by atoms with E-state index in [9.17, 15) is 0 Å². The first-order valence-corrected chi connectivity index (χ1v) is 9.91. The average Bonchev–Trinajstić information content (AvgIpc) is 2.64. The van der Waals surface area contributed by atoms with Gasteiger partial charge in [0.1, 0.15) is 5.75 Å². The number of hydrogen-bond acceptors (Lipinski definition) is 3. The number of rotatable bonds is 7. The lowest BCUT2D eigenvalue weighted by Crippen LogP contribution is -2.42. The number of aliphatic imine (C=N–C) groups is 1. The molecule has 1 fully saturated rings. The fourth-order valence-electron chi connectivity index (χ4n) is 3.12. The summed E-state index contributed by atoms with van der Waals surface area (Å²) < 4.78 is 6.10. The molecule has 2 N–H and O–H groups in total. The van der Waals surface area contributed by atoms with E-state index in [1.165, 1.54) is 31.5 Å². The minimum atomic E-state index is 0. The Kier molecular flexibility index (Phi) is 11.1. The van der Waals surface area contributed by atoms with E-state index >= 15 is 0 Å². The number of nitrogens with zero attached hydrogens (tertiary/aromatic N) is 2. The van der Waals surface area contributed by atoms with E-state index < -0.39 is 0 Å². The maximum Gasteiger partial charge on any atom is 0.191 e. The maximum atomic E-state index is 6.10. The minimum absolute atomic E-state index is 0. The highest BCUT2D eigenvalue weighted by Crippen LogP contribution is 2.22. The molecule has 1 unspecified atom stereocenters. The fourth-order valence-corrected chi connectivity index (χ4v) is 3.12. The molecule has 1 aromatic carbocycles. The Morgan fingerprint density at radius 3 is 2.63 bits per heavy atom. The number of guanidine groups is 1. The predicted molar refractivity (Wildman–Crippen MR) is 125 cm³/mol. The molecule has 6 heteroatoms. The van der Waals surface area contributed by atoms with Crippen molar-refractivity contribution in [1.82, 2.24) is 15.5 Å². The van der Waals surface area contributed by atoms with Gasteiger partial charge in [0.15, 0.2) is 5.96 Å². The average molecular weight is 488 g/mol. The topological polar surface area (TPSA) is 48.9 Å². The minimum Gasteiger partial charge on any atom is -0.490 e. The van der Waals surface area contributed by atoms with Crippen LogP contribution >= 0.6 is 24.0 Å². The summed E-state index contributed by atoms with van der Waals surface area (Å²) in [7, 11) is 4.03. The van der Waals surface area contributed by atoms with Crippen LogP contribution in [0.2, 0.25) is 0 Å². The molecule has 0 radical (unpaired) electrons. The number of halogens is 1. The highest BCUT2D eigenvalue weighted by atomic mass is 127. The molecule has 0 saturated carbocycles. The van der Waals surface area contributed by atoms with Gasteiger partial charge in [-0.2, -0.15) is 0 Å². The summed E-state index contributed by atoms with van der Waals surface area (Å²) in [5.41, 5.74) is 2.38. The molecule has 1 saturated heterocycles. The lowest BCUT2D eigenvalue weighted by molar-refractivity contribution is 0.215. The molecule has 0 aromatic heterocycles. The van der Waals surface area contributed by atoms with Gasteiger partial charge in [0.2, 0.25) is 0 Å². The number of nitrogens with one attached hydrogen (secondary N) is 2. The van der Waals surface area contributed by atoms with Gasteiger partial charge in [-0.15, -0.1) is 24.0 Å². The summed E-state index contributed by atoms with van der Waals surface area (Å²) in [6.07, 6.45) is 3.73. The van der Waals surface area contributed by atoms with E-state index in [1.54, 1.807) is 0 Å². The fraction of sp³-hybridized carbons (Fsp3) is 0.667. The van der Waals surface area contributed by atoms with Crippen LogP contribution in [0.25, 0.3) is 0 Å². The van der Waals surface area contributed by atoms with Crippen molar-refractivity contribution in [3.63, 3.8) is 0 Å². The van der Waals surface area contributed by atoms with Gasteiger partial charge < -0.3 is 20.3 Å². The summed E-state index contributed by atoms with van der Waals surface area (Å²) in [4.78, 5) is 6.77. The quantitative estimate of drug-likeness (QED) is 0.348. The number of aryl methyl sites for hydroxylation is 1. The molecule has 0 bridgehead atoms. The van der Waals surface area contributed by atoms with E-state index in [4.69, 9.17) is 4.74 Å². The van der Waals surface area contributed by atoms with Crippen molar-refractivity contribution in [3.05, 3.63) is 29.3 Å². The molecule has 1 aliphatic rings. The molecule has 5 nitrogen and oxygen atoms in total. The van der Waals surface area contributed by atoms with Crippen LogP contribution in [0.4, 0.5) is 0 Å². The van der Waals surface area contributed by atoms with Crippen LogP contribution in [-0.2, 0) is 6.54 Å². The van der Waals surface area contributed by atoms with Crippen LogP contribution in [-0.4, -0.2) is 50.7 Å². The summed E-state index contributed by atoms with van der Waals surface area (Å²) in [5, 5.41) is 6.92. The highest BCUT2D eigenvalue weighted by Gasteiger charge is 2.17. The molecule has 154 valence electrons. The second-order valence-electron chi connectivity index (χ2n) is 7.50. The normalized spacial score (nSPS) is 17.1. The van der Waals surface area contributed by atoms with Crippen molar-refractivity contribution >= 4 is 29.9 Å². The molecule has 0 spiro atoms. The Morgan fingerprint density at radius 1 is 1.30 bits per heavy atom. The number of benzene rings is 1. The van der Waals surface area contributed by atoms with Crippen molar-refractivity contribution in [2.75, 3.05) is 33.7 Å². The molecule has 1 aromatic rings. The molecule has 2 rings (SSSR count). The van der Waals surface area contributed by atoms with Gasteiger partial charge in [-0.25, -0.2) is 0 Å². The van der Waals surface area contributed by atoms with Gasteiger partial charge in [-0.05, 0) is 70.8 Å². The lowest BCUT2D eigenvalue weighted by atomic mass is 9.97. The van der Waals surface area contributed by atoms with Crippen LogP contribution < -0.4 is 15.4 Å². The molecule has 1 atom stereocenters. The molecule has 0 amide bonds. The summed E-state index contributed by atoms with van der Waals surface area (Å²) in [5.74, 6) is 2.56. The molecule has 1 heterocycles. The monoisotopic (exact) mass is 488 g/mol. The first-order valence-electron chi connectivity index (χ1n) is 9.91. The number of hydrogen-bond donors (Lipinski definition) is 2. The Bertz CT molecular complexity index is 586. The number of ether oxygens (including phenoxy) is 1. The van der Waals surface area contributed by atoms with E-state index in [0.29, 0.717) is 6.54 Å². The third-order valence-electron chi connectivity index (χ3n) is 5.19. The lowest BCUT2D eigenvalue weighted by Gasteiger charge is -2.29. The van der Waals surface area contributed by atoms with Crippen LogP contribution in [0.5, 0.6) is 5.75 Å². The smallest absolute Gasteiger partial charge is 0.191 e. The first kappa shape index (κ1) is 24.0. The Labute approximate surface area is 182 Å². The van der Waals surface area contributed by atoms with Crippen molar-refractivity contribution in [2.24, 2.45) is 10.9 Å². The Balaban J connectivity index is 0.00000364. The third kappa shape index (κ3) is 8.25. The second kappa shape index (κ2) is 12.4. The van der Waals surface area contributed by atoms with E-state index in [-0.39, 0.29) is 30.1 Å². The molecular weight excluding hydrogens is 451 g/mol. The van der Waals surface area contributed by atoms with E-state index in [0.717, 1.165) is 36.2 Å². The number of likely N-dealkylation sites (tertiary alicyclic amines) is 1. The van der Waals surface area contributed by atoms with Crippen molar-refractivity contribution in [1.29, 1.82) is 0 Å². The summed E-state index contributed by atoms with van der Waals surface area (Å²) in [6, 6.07) is 6.40. The van der Waals surface area contributed by atoms with E-state index in [2.05, 4.69) is 66.5 Å². The van der Waals surface area contributed by atoms with Crippen LogP contribution in [0.15, 0.2) is 23.2 Å². The highest BCUT2D eigenvalue weighted by molar-refractivity contribution is 14.0. The van der Waals surface area contributed by atoms with Gasteiger partial charge in [0, 0.05) is 25.7 Å². The van der Waals surface area contributed by atoms with E-state index in [1.807, 2.05) is 7.05 Å². The second-order valence-corrected chi connectivity index (χ2v) is 7.50.